The number of carboxylic acids is 1. The van der Waals surface area contributed by atoms with Crippen molar-refractivity contribution in [3.05, 3.63) is 34.9 Å². The first kappa shape index (κ1) is 22.4. The fourth-order valence-electron chi connectivity index (χ4n) is 3.10. The summed E-state index contributed by atoms with van der Waals surface area (Å²) >= 11 is 5.97. The lowest BCUT2D eigenvalue weighted by Crippen LogP contribution is -2.56. The largest absolute Gasteiger partial charge is 0.481 e. The third kappa shape index (κ3) is 6.28. The summed E-state index contributed by atoms with van der Waals surface area (Å²) in [5.74, 6) is -2.77. The first-order valence-corrected chi connectivity index (χ1v) is 9.51. The molecule has 1 aromatic rings. The molecule has 1 aliphatic heterocycles. The van der Waals surface area contributed by atoms with Crippen LogP contribution >= 0.6 is 11.6 Å². The summed E-state index contributed by atoms with van der Waals surface area (Å²) in [5.41, 5.74) is 0.234. The summed E-state index contributed by atoms with van der Waals surface area (Å²) in [7, 11) is 0. The number of amides is 3. The maximum absolute atomic E-state index is 12.6. The van der Waals surface area contributed by atoms with Gasteiger partial charge in [-0.05, 0) is 31.4 Å². The van der Waals surface area contributed by atoms with Crippen LogP contribution in [0.25, 0.3) is 0 Å². The van der Waals surface area contributed by atoms with Crippen molar-refractivity contribution in [2.75, 3.05) is 13.1 Å². The summed E-state index contributed by atoms with van der Waals surface area (Å²) < 4.78 is 0. The lowest BCUT2D eigenvalue weighted by molar-refractivity contribution is -0.143. The first-order chi connectivity index (χ1) is 13.8. The van der Waals surface area contributed by atoms with Crippen LogP contribution in [0.1, 0.15) is 36.0 Å². The second-order valence-corrected chi connectivity index (χ2v) is 7.02. The third-order valence-electron chi connectivity index (χ3n) is 4.53. The molecule has 3 amide bonds. The molecule has 1 aliphatic rings. The maximum Gasteiger partial charge on any atom is 0.305 e. The predicted molar refractivity (Wildman–Crippen MR) is 103 cm³/mol. The second-order valence-electron chi connectivity index (χ2n) is 6.61. The fraction of sp³-hybridized carbons (Fsp3) is 0.421. The lowest BCUT2D eigenvalue weighted by Gasteiger charge is -2.35. The number of benzene rings is 1. The number of halogens is 1. The van der Waals surface area contributed by atoms with Gasteiger partial charge in [0.15, 0.2) is 0 Å². The van der Waals surface area contributed by atoms with Crippen molar-refractivity contribution in [3.63, 3.8) is 0 Å². The number of carbonyl (C=O) groups is 5. The highest BCUT2D eigenvalue weighted by Crippen LogP contribution is 2.18. The van der Waals surface area contributed by atoms with Gasteiger partial charge in [0.1, 0.15) is 12.3 Å². The molecule has 2 atom stereocenters. The van der Waals surface area contributed by atoms with E-state index in [1.807, 2.05) is 0 Å². The standard InChI is InChI=1S/C19H22ClN3O6/c20-14-6-2-1-5-13(14)18(28)21-10-16(25)23-8-4-3-7-15(23)19(29)22-12(11-24)9-17(26)27/h1-2,5-6,11-12,15H,3-4,7-10H2,(H,21,28)(H,22,29)(H,26,27)/t12-,15-/m0/s1. The number of carboxylic acid groups (broad SMARTS) is 1. The molecule has 0 saturated carbocycles. The summed E-state index contributed by atoms with van der Waals surface area (Å²) in [6, 6.07) is 4.42. The van der Waals surface area contributed by atoms with Crippen LogP contribution < -0.4 is 10.6 Å². The number of aldehydes is 1. The van der Waals surface area contributed by atoms with E-state index in [4.69, 9.17) is 16.7 Å². The zero-order valence-electron chi connectivity index (χ0n) is 15.6. The van der Waals surface area contributed by atoms with Crippen LogP contribution in [-0.4, -0.2) is 65.2 Å². The van der Waals surface area contributed by atoms with Gasteiger partial charge in [-0.3, -0.25) is 19.2 Å². The normalized spacial score (nSPS) is 17.1. The molecule has 0 aliphatic carbocycles. The topological polar surface area (TPSA) is 133 Å². The highest BCUT2D eigenvalue weighted by molar-refractivity contribution is 6.33. The van der Waals surface area contributed by atoms with Crippen molar-refractivity contribution >= 4 is 41.6 Å². The summed E-state index contributed by atoms with van der Waals surface area (Å²) in [6.45, 7) is 0.00361. The summed E-state index contributed by atoms with van der Waals surface area (Å²) in [6.07, 6.45) is 1.60. The number of hydrogen-bond acceptors (Lipinski definition) is 5. The summed E-state index contributed by atoms with van der Waals surface area (Å²) in [5, 5.41) is 13.9. The SMILES string of the molecule is O=C[C@H](CC(=O)O)NC(=O)[C@@H]1CCCCN1C(=O)CNC(=O)c1ccccc1Cl. The average Bonchev–Trinajstić information content (AvgIpc) is 2.71. The van der Waals surface area contributed by atoms with Crippen molar-refractivity contribution in [1.29, 1.82) is 0 Å². The number of likely N-dealkylation sites (tertiary alicyclic amines) is 1. The molecule has 0 bridgehead atoms. The van der Waals surface area contributed by atoms with Gasteiger partial charge in [-0.2, -0.15) is 0 Å². The second kappa shape index (κ2) is 10.6. The molecule has 0 aromatic heterocycles. The molecule has 0 unspecified atom stereocenters. The van der Waals surface area contributed by atoms with Crippen LogP contribution in [0.5, 0.6) is 0 Å². The Bertz CT molecular complexity index is 800. The van der Waals surface area contributed by atoms with Crippen molar-refractivity contribution < 1.29 is 29.1 Å². The zero-order chi connectivity index (χ0) is 21.4. The smallest absolute Gasteiger partial charge is 0.305 e. The molecule has 29 heavy (non-hydrogen) atoms. The number of carbonyl (C=O) groups excluding carboxylic acids is 4. The van der Waals surface area contributed by atoms with E-state index >= 15 is 0 Å². The van der Waals surface area contributed by atoms with Crippen molar-refractivity contribution in [1.82, 2.24) is 15.5 Å². The highest BCUT2D eigenvalue weighted by Gasteiger charge is 2.33. The molecular weight excluding hydrogens is 402 g/mol. The Labute approximate surface area is 172 Å². The number of nitrogens with one attached hydrogen (secondary N) is 2. The van der Waals surface area contributed by atoms with Crippen LogP contribution in [0.15, 0.2) is 24.3 Å². The molecule has 0 radical (unpaired) electrons. The van der Waals surface area contributed by atoms with Crippen LogP contribution in [-0.2, 0) is 19.2 Å². The Kier molecular flexibility index (Phi) is 8.14. The molecule has 2 rings (SSSR count). The van der Waals surface area contributed by atoms with Gasteiger partial charge in [0.05, 0.1) is 29.6 Å². The van der Waals surface area contributed by atoms with Gasteiger partial charge < -0.3 is 25.4 Å². The first-order valence-electron chi connectivity index (χ1n) is 9.13. The Morgan fingerprint density at radius 3 is 2.62 bits per heavy atom. The molecule has 1 aromatic carbocycles. The number of nitrogens with zero attached hydrogens (tertiary/aromatic N) is 1. The van der Waals surface area contributed by atoms with E-state index in [9.17, 15) is 24.0 Å². The molecule has 3 N–H and O–H groups in total. The Morgan fingerprint density at radius 2 is 1.97 bits per heavy atom. The van der Waals surface area contributed by atoms with Gasteiger partial charge in [-0.15, -0.1) is 0 Å². The van der Waals surface area contributed by atoms with Crippen LogP contribution in [0, 0.1) is 0 Å². The Balaban J connectivity index is 1.98. The van der Waals surface area contributed by atoms with E-state index in [1.165, 1.54) is 11.0 Å². The van der Waals surface area contributed by atoms with E-state index < -0.39 is 42.2 Å². The van der Waals surface area contributed by atoms with Gasteiger partial charge in [-0.1, -0.05) is 23.7 Å². The van der Waals surface area contributed by atoms with Crippen LogP contribution in [0.3, 0.4) is 0 Å². The zero-order valence-corrected chi connectivity index (χ0v) is 16.4. The van der Waals surface area contributed by atoms with E-state index in [2.05, 4.69) is 10.6 Å². The van der Waals surface area contributed by atoms with Crippen molar-refractivity contribution in [2.45, 2.75) is 37.8 Å². The van der Waals surface area contributed by atoms with Gasteiger partial charge in [0.25, 0.3) is 5.91 Å². The van der Waals surface area contributed by atoms with Gasteiger partial charge in [0, 0.05) is 6.54 Å². The minimum Gasteiger partial charge on any atom is -0.481 e. The van der Waals surface area contributed by atoms with E-state index in [0.717, 1.165) is 0 Å². The van der Waals surface area contributed by atoms with Gasteiger partial charge >= 0.3 is 5.97 Å². The van der Waals surface area contributed by atoms with Crippen molar-refractivity contribution in [2.24, 2.45) is 0 Å². The number of piperidine rings is 1. The Hall–Kier alpha value is -2.94. The molecule has 9 nitrogen and oxygen atoms in total. The fourth-order valence-corrected chi connectivity index (χ4v) is 3.32. The van der Waals surface area contributed by atoms with Crippen LogP contribution in [0.4, 0.5) is 0 Å². The molecule has 1 heterocycles. The number of hydrogen-bond donors (Lipinski definition) is 3. The monoisotopic (exact) mass is 423 g/mol. The molecule has 1 saturated heterocycles. The molecular formula is C19H22ClN3O6. The highest BCUT2D eigenvalue weighted by atomic mass is 35.5. The van der Waals surface area contributed by atoms with E-state index in [1.54, 1.807) is 18.2 Å². The maximum atomic E-state index is 12.6. The molecule has 10 heteroatoms. The van der Waals surface area contributed by atoms with Crippen LogP contribution in [0.2, 0.25) is 5.02 Å². The molecule has 1 fully saturated rings. The number of aliphatic carboxylic acids is 1. The third-order valence-corrected chi connectivity index (χ3v) is 4.86. The van der Waals surface area contributed by atoms with E-state index in [-0.39, 0.29) is 17.1 Å². The minimum absolute atomic E-state index is 0.234. The minimum atomic E-state index is -1.22. The van der Waals surface area contributed by atoms with E-state index in [0.29, 0.717) is 32.1 Å². The van der Waals surface area contributed by atoms with Gasteiger partial charge in [-0.25, -0.2) is 0 Å². The quantitative estimate of drug-likeness (QED) is 0.525. The Morgan fingerprint density at radius 1 is 1.24 bits per heavy atom. The predicted octanol–water partition coefficient (Wildman–Crippen LogP) is 0.609. The molecule has 156 valence electrons. The lowest BCUT2D eigenvalue weighted by atomic mass is 10.0. The average molecular weight is 424 g/mol. The number of rotatable bonds is 8. The molecule has 0 spiro atoms. The van der Waals surface area contributed by atoms with Crippen molar-refractivity contribution in [3.8, 4) is 0 Å². The summed E-state index contributed by atoms with van der Waals surface area (Å²) in [4.78, 5) is 60.4. The van der Waals surface area contributed by atoms with Gasteiger partial charge in [0.2, 0.25) is 11.8 Å².